The number of benzene rings is 1. The Balaban J connectivity index is 1.92. The van der Waals surface area contributed by atoms with Gasteiger partial charge in [0.2, 0.25) is 0 Å². The fraction of sp³-hybridized carbons (Fsp3) is 0.562. The van der Waals surface area contributed by atoms with Crippen molar-refractivity contribution in [3.63, 3.8) is 0 Å². The predicted molar refractivity (Wildman–Crippen MR) is 76.8 cm³/mol. The molecule has 0 unspecified atom stereocenters. The monoisotopic (exact) mass is 312 g/mol. The van der Waals surface area contributed by atoms with E-state index < -0.39 is 11.7 Å². The van der Waals surface area contributed by atoms with Crippen molar-refractivity contribution in [2.75, 3.05) is 13.1 Å². The second-order valence-corrected chi connectivity index (χ2v) is 6.07. The number of carbonyl (C=O) groups excluding carboxylic acids is 1. The lowest BCUT2D eigenvalue weighted by Gasteiger charge is -2.26. The molecular weight excluding hydrogens is 293 g/mol. The molecule has 1 saturated heterocycles. The number of piperidine rings is 1. The largest absolute Gasteiger partial charge is 0.416 e. The highest BCUT2D eigenvalue weighted by Gasteiger charge is 2.36. The molecule has 0 spiro atoms. The van der Waals surface area contributed by atoms with Gasteiger partial charge in [0.25, 0.3) is 5.91 Å². The summed E-state index contributed by atoms with van der Waals surface area (Å²) in [5, 5.41) is 5.98. The van der Waals surface area contributed by atoms with Crippen molar-refractivity contribution in [3.8, 4) is 0 Å². The Morgan fingerprint density at radius 2 is 1.82 bits per heavy atom. The zero-order valence-electron chi connectivity index (χ0n) is 12.2. The summed E-state index contributed by atoms with van der Waals surface area (Å²) < 4.78 is 39.7. The maximum Gasteiger partial charge on any atom is 0.416 e. The summed E-state index contributed by atoms with van der Waals surface area (Å²) in [6.45, 7) is 1.42. The molecule has 2 N–H and O–H groups in total. The van der Waals surface area contributed by atoms with Gasteiger partial charge in [0.05, 0.1) is 5.56 Å². The third-order valence-electron chi connectivity index (χ3n) is 4.31. The molecule has 1 saturated carbocycles. The van der Waals surface area contributed by atoms with Gasteiger partial charge in [-0.2, -0.15) is 13.2 Å². The lowest BCUT2D eigenvalue weighted by Crippen LogP contribution is -2.29. The van der Waals surface area contributed by atoms with Gasteiger partial charge in [0.1, 0.15) is 0 Å². The molecule has 0 bridgehead atoms. The Hall–Kier alpha value is -1.56. The van der Waals surface area contributed by atoms with Crippen molar-refractivity contribution >= 4 is 5.91 Å². The minimum Gasteiger partial charge on any atom is -0.349 e. The molecule has 0 aromatic heterocycles. The zero-order chi connectivity index (χ0) is 15.7. The fourth-order valence-electron chi connectivity index (χ4n) is 2.93. The van der Waals surface area contributed by atoms with Crippen LogP contribution >= 0.6 is 0 Å². The fourth-order valence-corrected chi connectivity index (χ4v) is 2.93. The number of hydrogen-bond donors (Lipinski definition) is 2. The molecule has 1 aromatic rings. The SMILES string of the molecule is O=C(NC1CC1)c1ccc(C(F)(F)F)c(C2CCNCC2)c1. The Kier molecular flexibility index (Phi) is 4.12. The average Bonchev–Trinajstić information content (AvgIpc) is 3.30. The first-order chi connectivity index (χ1) is 10.4. The Morgan fingerprint density at radius 1 is 1.14 bits per heavy atom. The van der Waals surface area contributed by atoms with Crippen molar-refractivity contribution in [1.82, 2.24) is 10.6 Å². The normalized spacial score (nSPS) is 20.0. The summed E-state index contributed by atoms with van der Waals surface area (Å²) in [6.07, 6.45) is -1.15. The molecule has 6 heteroatoms. The number of carbonyl (C=O) groups is 1. The van der Waals surface area contributed by atoms with E-state index in [-0.39, 0.29) is 23.4 Å². The second-order valence-electron chi connectivity index (χ2n) is 6.07. The van der Waals surface area contributed by atoms with Crippen molar-refractivity contribution in [1.29, 1.82) is 0 Å². The van der Waals surface area contributed by atoms with Crippen molar-refractivity contribution in [2.45, 2.75) is 43.8 Å². The number of nitrogens with one attached hydrogen (secondary N) is 2. The highest BCUT2D eigenvalue weighted by Crippen LogP contribution is 2.38. The second kappa shape index (κ2) is 5.91. The van der Waals surface area contributed by atoms with Gasteiger partial charge in [0.15, 0.2) is 0 Å². The molecule has 1 aliphatic heterocycles. The van der Waals surface area contributed by atoms with Crippen LogP contribution in [-0.2, 0) is 6.18 Å². The number of halogens is 3. The first-order valence-corrected chi connectivity index (χ1v) is 7.68. The van der Waals surface area contributed by atoms with Gasteiger partial charge in [-0.05, 0) is 68.5 Å². The van der Waals surface area contributed by atoms with Crippen LogP contribution in [0.15, 0.2) is 18.2 Å². The number of rotatable bonds is 3. The van der Waals surface area contributed by atoms with E-state index in [0.29, 0.717) is 31.5 Å². The van der Waals surface area contributed by atoms with Crippen LogP contribution in [0.3, 0.4) is 0 Å². The molecule has 2 fully saturated rings. The molecule has 1 amide bonds. The van der Waals surface area contributed by atoms with Gasteiger partial charge < -0.3 is 10.6 Å². The van der Waals surface area contributed by atoms with E-state index in [2.05, 4.69) is 10.6 Å². The Bertz CT molecular complexity index is 561. The van der Waals surface area contributed by atoms with Crippen LogP contribution in [-0.4, -0.2) is 25.0 Å². The lowest BCUT2D eigenvalue weighted by molar-refractivity contribution is -0.138. The topological polar surface area (TPSA) is 41.1 Å². The van der Waals surface area contributed by atoms with E-state index in [1.54, 1.807) is 0 Å². The van der Waals surface area contributed by atoms with E-state index in [0.717, 1.165) is 18.9 Å². The number of alkyl halides is 3. The van der Waals surface area contributed by atoms with Gasteiger partial charge in [0, 0.05) is 11.6 Å². The molecule has 22 heavy (non-hydrogen) atoms. The van der Waals surface area contributed by atoms with Gasteiger partial charge >= 0.3 is 6.18 Å². The number of amides is 1. The van der Waals surface area contributed by atoms with Gasteiger partial charge in [-0.25, -0.2) is 0 Å². The standard InChI is InChI=1S/C16H19F3N2O/c17-16(18,19)14-4-1-11(15(22)21-12-2-3-12)9-13(14)10-5-7-20-8-6-10/h1,4,9-10,12,20H,2-3,5-8H2,(H,21,22). The van der Waals surface area contributed by atoms with Crippen LogP contribution < -0.4 is 10.6 Å². The smallest absolute Gasteiger partial charge is 0.349 e. The van der Waals surface area contributed by atoms with E-state index in [9.17, 15) is 18.0 Å². The first-order valence-electron chi connectivity index (χ1n) is 7.68. The zero-order valence-corrected chi connectivity index (χ0v) is 12.2. The van der Waals surface area contributed by atoms with E-state index in [1.807, 2.05) is 0 Å². The molecule has 1 aliphatic carbocycles. The van der Waals surface area contributed by atoms with E-state index in [4.69, 9.17) is 0 Å². The molecule has 0 atom stereocenters. The molecular formula is C16H19F3N2O. The highest BCUT2D eigenvalue weighted by atomic mass is 19.4. The summed E-state index contributed by atoms with van der Waals surface area (Å²) in [4.78, 5) is 12.1. The van der Waals surface area contributed by atoms with Crippen LogP contribution in [0.4, 0.5) is 13.2 Å². The van der Waals surface area contributed by atoms with Crippen molar-refractivity contribution in [3.05, 3.63) is 34.9 Å². The number of hydrogen-bond acceptors (Lipinski definition) is 2. The van der Waals surface area contributed by atoms with Crippen LogP contribution in [0.1, 0.15) is 53.1 Å². The molecule has 1 aromatic carbocycles. The molecule has 3 nitrogen and oxygen atoms in total. The third kappa shape index (κ3) is 3.43. The van der Waals surface area contributed by atoms with Crippen LogP contribution in [0.2, 0.25) is 0 Å². The third-order valence-corrected chi connectivity index (χ3v) is 4.31. The maximum atomic E-state index is 13.2. The van der Waals surface area contributed by atoms with Crippen LogP contribution in [0, 0.1) is 0 Å². The van der Waals surface area contributed by atoms with E-state index >= 15 is 0 Å². The quantitative estimate of drug-likeness (QED) is 0.900. The minimum absolute atomic E-state index is 0.147. The summed E-state index contributed by atoms with van der Waals surface area (Å²) in [5.41, 5.74) is -0.0201. The molecule has 120 valence electrons. The van der Waals surface area contributed by atoms with Crippen molar-refractivity contribution < 1.29 is 18.0 Å². The molecule has 3 rings (SSSR count). The highest BCUT2D eigenvalue weighted by molar-refractivity contribution is 5.94. The van der Waals surface area contributed by atoms with Gasteiger partial charge in [-0.1, -0.05) is 0 Å². The van der Waals surface area contributed by atoms with Crippen molar-refractivity contribution in [2.24, 2.45) is 0 Å². The van der Waals surface area contributed by atoms with Gasteiger partial charge in [-0.3, -0.25) is 4.79 Å². The summed E-state index contributed by atoms with van der Waals surface area (Å²) in [7, 11) is 0. The molecule has 1 heterocycles. The summed E-state index contributed by atoms with van der Waals surface area (Å²) in [5.74, 6) is -0.419. The summed E-state index contributed by atoms with van der Waals surface area (Å²) >= 11 is 0. The Labute approximate surface area is 127 Å². The van der Waals surface area contributed by atoms with E-state index in [1.165, 1.54) is 12.1 Å². The average molecular weight is 312 g/mol. The van der Waals surface area contributed by atoms with Gasteiger partial charge in [-0.15, -0.1) is 0 Å². The lowest BCUT2D eigenvalue weighted by atomic mass is 9.85. The minimum atomic E-state index is -4.38. The summed E-state index contributed by atoms with van der Waals surface area (Å²) in [6, 6.07) is 3.97. The van der Waals surface area contributed by atoms with Crippen LogP contribution in [0.25, 0.3) is 0 Å². The molecule has 0 radical (unpaired) electrons. The Morgan fingerprint density at radius 3 is 2.41 bits per heavy atom. The predicted octanol–water partition coefficient (Wildman–Crippen LogP) is 3.06. The molecule has 2 aliphatic rings. The van der Waals surface area contributed by atoms with Crippen LogP contribution in [0.5, 0.6) is 0 Å². The first kappa shape index (κ1) is 15.3. The maximum absolute atomic E-state index is 13.2.